The molecule has 0 aromatic rings. The van der Waals surface area contributed by atoms with Crippen LogP contribution in [0, 0.1) is 6.58 Å². The Morgan fingerprint density at radius 1 is 0.733 bits per heavy atom. The van der Waals surface area contributed by atoms with E-state index in [1.807, 2.05) is 0 Å². The van der Waals surface area contributed by atoms with Crippen molar-refractivity contribution < 1.29 is 51.4 Å². The third kappa shape index (κ3) is 18.0. The molecule has 0 atom stereocenters. The largest absolute Gasteiger partial charge is 1.00 e. The summed E-state index contributed by atoms with van der Waals surface area (Å²) in [6.07, 6.45) is 16.9. The molecule has 0 heterocycles. The van der Waals surface area contributed by atoms with Crippen LogP contribution in [0.2, 0.25) is 0 Å². The van der Waals surface area contributed by atoms with Gasteiger partial charge in [-0.05, 0) is 0 Å². The van der Waals surface area contributed by atoms with Crippen LogP contribution in [0.1, 0.15) is 77.6 Å². The van der Waals surface area contributed by atoms with Gasteiger partial charge in [0.1, 0.15) is 0 Å². The van der Waals surface area contributed by atoms with Gasteiger partial charge in [0.05, 0.1) is 0 Å². The summed E-state index contributed by atoms with van der Waals surface area (Å²) in [4.78, 5) is 0. The fourth-order valence-electron chi connectivity index (χ4n) is 1.75. The molecule has 0 saturated carbocycles. The average molecular weight is 234 g/mol. The van der Waals surface area contributed by atoms with Crippen LogP contribution in [0.5, 0.6) is 0 Å². The van der Waals surface area contributed by atoms with Crippen LogP contribution in [0.4, 0.5) is 0 Å². The van der Waals surface area contributed by atoms with Gasteiger partial charge in [-0.2, -0.15) is 0 Å². The van der Waals surface area contributed by atoms with Gasteiger partial charge in [0, 0.05) is 0 Å². The third-order valence-electron chi connectivity index (χ3n) is 2.72. The molecule has 0 aliphatic carbocycles. The standard InChI is InChI=1S/C14H27.K/c1-3-5-7-9-11-13-14-12-10-8-6-4-2;/h1,3H,4-14H2,2H3;/q-1;+1. The van der Waals surface area contributed by atoms with Gasteiger partial charge in [-0.3, -0.25) is 6.08 Å². The first-order chi connectivity index (χ1) is 6.91. The van der Waals surface area contributed by atoms with Crippen LogP contribution in [-0.4, -0.2) is 0 Å². The zero-order valence-electron chi connectivity index (χ0n) is 10.9. The maximum Gasteiger partial charge on any atom is 1.00 e. The summed E-state index contributed by atoms with van der Waals surface area (Å²) in [6, 6.07) is 0. The molecule has 0 aromatic heterocycles. The van der Waals surface area contributed by atoms with E-state index in [1.165, 1.54) is 64.2 Å². The Balaban J connectivity index is 0. The molecule has 0 spiro atoms. The van der Waals surface area contributed by atoms with Crippen molar-refractivity contribution in [3.63, 3.8) is 0 Å². The summed E-state index contributed by atoms with van der Waals surface area (Å²) in [5.74, 6) is 0. The van der Waals surface area contributed by atoms with Gasteiger partial charge in [0.2, 0.25) is 0 Å². The minimum Gasteiger partial charge on any atom is -0.518 e. The molecule has 0 N–H and O–H groups in total. The van der Waals surface area contributed by atoms with Crippen LogP contribution in [0.3, 0.4) is 0 Å². The van der Waals surface area contributed by atoms with E-state index in [4.69, 9.17) is 6.58 Å². The molecule has 0 aromatic carbocycles. The van der Waals surface area contributed by atoms with Gasteiger partial charge >= 0.3 is 51.4 Å². The molecule has 0 amide bonds. The van der Waals surface area contributed by atoms with Crippen molar-refractivity contribution in [2.45, 2.75) is 77.6 Å². The van der Waals surface area contributed by atoms with E-state index in [2.05, 4.69) is 6.92 Å². The Labute approximate surface area is 140 Å². The van der Waals surface area contributed by atoms with Crippen LogP contribution in [-0.2, 0) is 0 Å². The molecule has 1 heteroatoms. The summed E-state index contributed by atoms with van der Waals surface area (Å²) >= 11 is 0. The van der Waals surface area contributed by atoms with Crippen LogP contribution in [0.25, 0.3) is 0 Å². The van der Waals surface area contributed by atoms with Crippen LogP contribution >= 0.6 is 0 Å². The first-order valence-corrected chi connectivity index (χ1v) is 6.45. The molecule has 0 saturated heterocycles. The molecule has 0 fully saturated rings. The molecule has 0 radical (unpaired) electrons. The molecule has 0 bridgehead atoms. The Bertz CT molecular complexity index is 110. The monoisotopic (exact) mass is 234 g/mol. The Morgan fingerprint density at radius 2 is 1.13 bits per heavy atom. The van der Waals surface area contributed by atoms with Gasteiger partial charge in [-0.25, -0.2) is 0 Å². The second kappa shape index (κ2) is 17.8. The zero-order chi connectivity index (χ0) is 10.5. The Kier molecular flexibility index (Phi) is 22.2. The topological polar surface area (TPSA) is 0 Å². The van der Waals surface area contributed by atoms with Crippen molar-refractivity contribution in [2.24, 2.45) is 0 Å². The number of unbranched alkanes of at least 4 members (excludes halogenated alkanes) is 10. The summed E-state index contributed by atoms with van der Waals surface area (Å²) in [7, 11) is 0. The van der Waals surface area contributed by atoms with E-state index in [0.29, 0.717) is 0 Å². The summed E-state index contributed by atoms with van der Waals surface area (Å²) in [5, 5.41) is 0. The SMILES string of the molecule is [CH-]=CCCCCCCCCCCCC.[K+]. The third-order valence-corrected chi connectivity index (χ3v) is 2.72. The molecule has 0 rings (SSSR count). The summed E-state index contributed by atoms with van der Waals surface area (Å²) in [6.45, 7) is 7.58. The van der Waals surface area contributed by atoms with Gasteiger partial charge in [-0.1, -0.05) is 77.6 Å². The normalized spacial score (nSPS) is 9.67. The van der Waals surface area contributed by atoms with Crippen LogP contribution < -0.4 is 51.4 Å². The van der Waals surface area contributed by atoms with E-state index < -0.39 is 0 Å². The molecule has 0 unspecified atom stereocenters. The second-order valence-corrected chi connectivity index (χ2v) is 4.21. The second-order valence-electron chi connectivity index (χ2n) is 4.21. The van der Waals surface area contributed by atoms with Gasteiger partial charge in [-0.15, -0.1) is 0 Å². The molecular weight excluding hydrogens is 207 g/mol. The van der Waals surface area contributed by atoms with E-state index in [0.717, 1.165) is 6.42 Å². The van der Waals surface area contributed by atoms with E-state index in [9.17, 15) is 0 Å². The average Bonchev–Trinajstić information content (AvgIpc) is 2.21. The van der Waals surface area contributed by atoms with Gasteiger partial charge in [0.25, 0.3) is 0 Å². The van der Waals surface area contributed by atoms with Crippen molar-refractivity contribution in [1.82, 2.24) is 0 Å². The molecule has 0 aliphatic rings. The molecule has 15 heavy (non-hydrogen) atoms. The van der Waals surface area contributed by atoms with E-state index in [-0.39, 0.29) is 51.4 Å². The molecular formula is C14H27K. The molecule has 84 valence electrons. The quantitative estimate of drug-likeness (QED) is 0.292. The van der Waals surface area contributed by atoms with Crippen molar-refractivity contribution in [1.29, 1.82) is 0 Å². The predicted octanol–water partition coefficient (Wildman–Crippen LogP) is 2.29. The Morgan fingerprint density at radius 3 is 1.53 bits per heavy atom. The maximum absolute atomic E-state index is 5.31. The maximum atomic E-state index is 5.31. The number of allylic oxidation sites excluding steroid dienone is 1. The molecule has 0 aliphatic heterocycles. The number of rotatable bonds is 11. The summed E-state index contributed by atoms with van der Waals surface area (Å²) in [5.41, 5.74) is 0. The van der Waals surface area contributed by atoms with Crippen LogP contribution in [0.15, 0.2) is 6.08 Å². The fraction of sp³-hybridized carbons (Fsp3) is 0.857. The molecule has 0 nitrogen and oxygen atoms in total. The van der Waals surface area contributed by atoms with Crippen molar-refractivity contribution in [3.05, 3.63) is 12.7 Å². The van der Waals surface area contributed by atoms with Gasteiger partial charge < -0.3 is 6.58 Å². The summed E-state index contributed by atoms with van der Waals surface area (Å²) < 4.78 is 0. The van der Waals surface area contributed by atoms with Gasteiger partial charge in [0.15, 0.2) is 0 Å². The first-order valence-electron chi connectivity index (χ1n) is 6.45. The minimum atomic E-state index is 0. The number of hydrogen-bond donors (Lipinski definition) is 0. The van der Waals surface area contributed by atoms with Crippen molar-refractivity contribution in [3.8, 4) is 0 Å². The van der Waals surface area contributed by atoms with Crippen molar-refractivity contribution in [2.75, 3.05) is 0 Å². The van der Waals surface area contributed by atoms with E-state index in [1.54, 1.807) is 6.08 Å². The van der Waals surface area contributed by atoms with Crippen molar-refractivity contribution >= 4 is 0 Å². The zero-order valence-corrected chi connectivity index (χ0v) is 14.1. The Hall–Kier alpha value is 1.38. The smallest absolute Gasteiger partial charge is 0.518 e. The predicted molar refractivity (Wildman–Crippen MR) is 65.3 cm³/mol. The fourth-order valence-corrected chi connectivity index (χ4v) is 1.75. The number of hydrogen-bond acceptors (Lipinski definition) is 0. The first kappa shape index (κ1) is 18.7. The minimum absolute atomic E-state index is 0. The van der Waals surface area contributed by atoms with E-state index >= 15 is 0 Å².